The molecule has 0 radical (unpaired) electrons. The topological polar surface area (TPSA) is 134 Å². The van der Waals surface area contributed by atoms with Gasteiger partial charge >= 0.3 is 12.1 Å². The zero-order valence-electron chi connectivity index (χ0n) is 24.8. The summed E-state index contributed by atoms with van der Waals surface area (Å²) in [5.41, 5.74) is 0.394. The lowest BCUT2D eigenvalue weighted by Gasteiger charge is -2.38. The number of aromatic hydroxyl groups is 1. The van der Waals surface area contributed by atoms with E-state index >= 15 is 0 Å². The molecule has 0 heterocycles. The number of hydrogen-bond acceptors (Lipinski definition) is 7. The maximum absolute atomic E-state index is 14.4. The van der Waals surface area contributed by atoms with E-state index in [1.165, 1.54) is 17.0 Å². The van der Waals surface area contributed by atoms with Gasteiger partial charge in [0.15, 0.2) is 0 Å². The Labute approximate surface area is 242 Å². The lowest BCUT2D eigenvalue weighted by Crippen LogP contribution is -2.56. The van der Waals surface area contributed by atoms with Crippen LogP contribution in [-0.4, -0.2) is 64.7 Å². The second kappa shape index (κ2) is 15.6. The molecule has 0 aliphatic heterocycles. The first-order valence-corrected chi connectivity index (χ1v) is 13.9. The molecule has 3 N–H and O–H groups in total. The van der Waals surface area contributed by atoms with Gasteiger partial charge in [-0.3, -0.25) is 14.4 Å². The Balaban J connectivity index is 2.51. The molecule has 41 heavy (non-hydrogen) atoms. The van der Waals surface area contributed by atoms with Crippen LogP contribution in [0.1, 0.15) is 71.6 Å². The van der Waals surface area contributed by atoms with E-state index in [1.54, 1.807) is 39.8 Å². The molecule has 0 aliphatic rings. The molecule has 0 saturated carbocycles. The molecule has 10 nitrogen and oxygen atoms in total. The third kappa shape index (κ3) is 10.8. The second-order valence-electron chi connectivity index (χ2n) is 10.7. The Kier molecular flexibility index (Phi) is 12.6. The third-order valence-electron chi connectivity index (χ3n) is 6.24. The first-order valence-electron chi connectivity index (χ1n) is 13.9. The van der Waals surface area contributed by atoms with Crippen molar-refractivity contribution in [1.29, 1.82) is 0 Å². The maximum atomic E-state index is 14.4. The number of nitrogens with one attached hydrogen (secondary N) is 2. The molecule has 0 spiro atoms. The summed E-state index contributed by atoms with van der Waals surface area (Å²) in [6.07, 6.45) is -0.144. The minimum atomic E-state index is -1.16. The van der Waals surface area contributed by atoms with E-state index in [1.807, 2.05) is 44.2 Å². The zero-order chi connectivity index (χ0) is 30.6. The monoisotopic (exact) mass is 569 g/mol. The summed E-state index contributed by atoms with van der Waals surface area (Å²) < 4.78 is 10.4. The summed E-state index contributed by atoms with van der Waals surface area (Å²) >= 11 is 0. The predicted octanol–water partition coefficient (Wildman–Crippen LogP) is 4.27. The van der Waals surface area contributed by atoms with Gasteiger partial charge in [-0.25, -0.2) is 4.79 Å². The second-order valence-corrected chi connectivity index (χ2v) is 10.7. The van der Waals surface area contributed by atoms with Gasteiger partial charge in [0.05, 0.1) is 13.0 Å². The Morgan fingerprint density at radius 3 is 2.27 bits per heavy atom. The SMILES string of the molecule is CCOC(=O)CCNC(=O)C(c1cccc(O)c1)N(C(=O)C(Cc1ccccc1)NC(=O)OC(C)(C)C)C(C)CC. The molecule has 3 amide bonds. The highest BCUT2D eigenvalue weighted by Crippen LogP contribution is 2.28. The summed E-state index contributed by atoms with van der Waals surface area (Å²) in [6, 6.07) is 12.7. The molecule has 2 aromatic carbocycles. The summed E-state index contributed by atoms with van der Waals surface area (Å²) in [5.74, 6) is -1.57. The van der Waals surface area contributed by atoms with Gasteiger partial charge in [-0.1, -0.05) is 49.4 Å². The van der Waals surface area contributed by atoms with Crippen LogP contribution in [0.4, 0.5) is 4.79 Å². The van der Waals surface area contributed by atoms with Crippen molar-refractivity contribution in [3.8, 4) is 5.75 Å². The van der Waals surface area contributed by atoms with Gasteiger partial charge in [-0.2, -0.15) is 0 Å². The molecule has 0 saturated heterocycles. The van der Waals surface area contributed by atoms with Crippen LogP contribution in [0.5, 0.6) is 5.75 Å². The molecule has 0 aliphatic carbocycles. The molecule has 224 valence electrons. The van der Waals surface area contributed by atoms with E-state index in [0.717, 1.165) is 5.56 Å². The molecule has 0 bridgehead atoms. The number of rotatable bonds is 13. The Hall–Kier alpha value is -4.08. The Bertz CT molecular complexity index is 1160. The zero-order valence-corrected chi connectivity index (χ0v) is 24.8. The number of carbonyl (C=O) groups is 4. The van der Waals surface area contributed by atoms with Crippen molar-refractivity contribution in [2.75, 3.05) is 13.2 Å². The average Bonchev–Trinajstić information content (AvgIpc) is 2.90. The normalized spacial score (nSPS) is 13.3. The van der Waals surface area contributed by atoms with Crippen LogP contribution in [0.2, 0.25) is 0 Å². The number of phenols is 1. The molecule has 0 fully saturated rings. The van der Waals surface area contributed by atoms with E-state index in [2.05, 4.69) is 10.6 Å². The number of nitrogens with zero attached hydrogens (tertiary/aromatic N) is 1. The summed E-state index contributed by atoms with van der Waals surface area (Å²) in [7, 11) is 0. The summed E-state index contributed by atoms with van der Waals surface area (Å²) in [4.78, 5) is 54.2. The van der Waals surface area contributed by atoms with Crippen LogP contribution < -0.4 is 10.6 Å². The van der Waals surface area contributed by atoms with Crippen molar-refractivity contribution in [3.63, 3.8) is 0 Å². The molecular formula is C31H43N3O7. The van der Waals surface area contributed by atoms with Crippen LogP contribution in [0.15, 0.2) is 54.6 Å². The smallest absolute Gasteiger partial charge is 0.408 e. The number of alkyl carbamates (subject to hydrolysis) is 1. The van der Waals surface area contributed by atoms with E-state index in [4.69, 9.17) is 9.47 Å². The van der Waals surface area contributed by atoms with Crippen molar-refractivity contribution in [3.05, 3.63) is 65.7 Å². The van der Waals surface area contributed by atoms with E-state index in [9.17, 15) is 24.3 Å². The average molecular weight is 570 g/mol. The van der Waals surface area contributed by atoms with Gasteiger partial charge in [-0.15, -0.1) is 0 Å². The highest BCUT2D eigenvalue weighted by Gasteiger charge is 2.38. The minimum absolute atomic E-state index is 0.000872. The van der Waals surface area contributed by atoms with Gasteiger partial charge in [0.2, 0.25) is 11.8 Å². The van der Waals surface area contributed by atoms with Crippen molar-refractivity contribution in [2.45, 2.75) is 84.5 Å². The summed E-state index contributed by atoms with van der Waals surface area (Å²) in [5, 5.41) is 15.7. The lowest BCUT2D eigenvalue weighted by atomic mass is 9.97. The molecule has 3 atom stereocenters. The Morgan fingerprint density at radius 2 is 1.68 bits per heavy atom. The summed E-state index contributed by atoms with van der Waals surface area (Å²) in [6.45, 7) is 10.8. The van der Waals surface area contributed by atoms with E-state index in [0.29, 0.717) is 12.0 Å². The van der Waals surface area contributed by atoms with Crippen LogP contribution in [-0.2, 0) is 30.3 Å². The predicted molar refractivity (Wildman–Crippen MR) is 155 cm³/mol. The largest absolute Gasteiger partial charge is 0.508 e. The van der Waals surface area contributed by atoms with Crippen molar-refractivity contribution >= 4 is 23.9 Å². The molecule has 2 aromatic rings. The van der Waals surface area contributed by atoms with E-state index < -0.39 is 47.6 Å². The number of amides is 3. The molecule has 2 rings (SSSR count). The van der Waals surface area contributed by atoms with Crippen molar-refractivity contribution in [2.24, 2.45) is 0 Å². The van der Waals surface area contributed by atoms with Crippen LogP contribution in [0, 0.1) is 0 Å². The van der Waals surface area contributed by atoms with Gasteiger partial charge in [0.25, 0.3) is 0 Å². The van der Waals surface area contributed by atoms with Crippen LogP contribution in [0.25, 0.3) is 0 Å². The van der Waals surface area contributed by atoms with Gasteiger partial charge < -0.3 is 30.1 Å². The highest BCUT2D eigenvalue weighted by molar-refractivity contribution is 5.92. The van der Waals surface area contributed by atoms with E-state index in [-0.39, 0.29) is 31.7 Å². The lowest BCUT2D eigenvalue weighted by molar-refractivity contribution is -0.146. The van der Waals surface area contributed by atoms with Crippen LogP contribution in [0.3, 0.4) is 0 Å². The Morgan fingerprint density at radius 1 is 1.00 bits per heavy atom. The first kappa shape index (κ1) is 33.1. The number of hydrogen-bond donors (Lipinski definition) is 3. The fourth-order valence-corrected chi connectivity index (χ4v) is 4.23. The third-order valence-corrected chi connectivity index (χ3v) is 6.24. The quantitative estimate of drug-likeness (QED) is 0.307. The fraction of sp³-hybridized carbons (Fsp3) is 0.484. The maximum Gasteiger partial charge on any atom is 0.408 e. The van der Waals surface area contributed by atoms with Crippen LogP contribution >= 0.6 is 0 Å². The highest BCUT2D eigenvalue weighted by atomic mass is 16.6. The number of carbonyl (C=O) groups excluding carboxylic acids is 4. The number of ether oxygens (including phenoxy) is 2. The molecular weight excluding hydrogens is 526 g/mol. The van der Waals surface area contributed by atoms with Crippen molar-refractivity contribution < 1.29 is 33.8 Å². The van der Waals surface area contributed by atoms with Gasteiger partial charge in [0, 0.05) is 19.0 Å². The number of esters is 1. The fourth-order valence-electron chi connectivity index (χ4n) is 4.23. The minimum Gasteiger partial charge on any atom is -0.508 e. The number of benzene rings is 2. The van der Waals surface area contributed by atoms with Gasteiger partial charge in [0.1, 0.15) is 23.4 Å². The number of phenolic OH excluding ortho intramolecular Hbond substituents is 1. The standard InChI is InChI=1S/C31H43N3O7/c1-7-21(3)34(27(23-15-12-16-24(35)20-23)28(37)32-18-17-26(36)40-8-2)29(38)25(19-22-13-10-9-11-14-22)33-30(39)41-31(4,5)6/h9-16,20-21,25,27,35H,7-8,17-19H2,1-6H3,(H,32,37)(H,33,39). The first-order chi connectivity index (χ1) is 19.4. The molecule has 10 heteroatoms. The molecule has 0 aromatic heterocycles. The molecule has 3 unspecified atom stereocenters. The van der Waals surface area contributed by atoms with Crippen molar-refractivity contribution in [1.82, 2.24) is 15.5 Å². The van der Waals surface area contributed by atoms with Gasteiger partial charge in [-0.05, 0) is 64.3 Å².